The minimum Gasteiger partial charge on any atom is -0.492 e. The van der Waals surface area contributed by atoms with Crippen LogP contribution in [0.15, 0.2) is 77.3 Å². The van der Waals surface area contributed by atoms with Crippen LogP contribution in [0.3, 0.4) is 0 Å². The number of hydrogen-bond donors (Lipinski definition) is 1. The number of carbonyl (C=O) groups excluding carboxylic acids is 1. The molecule has 0 aliphatic heterocycles. The van der Waals surface area contributed by atoms with E-state index in [1.807, 2.05) is 66.7 Å². The van der Waals surface area contributed by atoms with Crippen LogP contribution in [0.5, 0.6) is 5.75 Å². The summed E-state index contributed by atoms with van der Waals surface area (Å²) in [5.74, 6) is 1.69. The van der Waals surface area contributed by atoms with E-state index >= 15 is 0 Å². The van der Waals surface area contributed by atoms with Crippen molar-refractivity contribution in [2.75, 3.05) is 13.2 Å². The molecule has 6 heteroatoms. The van der Waals surface area contributed by atoms with Gasteiger partial charge in [-0.2, -0.15) is 4.98 Å². The van der Waals surface area contributed by atoms with Crippen molar-refractivity contribution >= 4 is 16.7 Å². The van der Waals surface area contributed by atoms with Crippen LogP contribution < -0.4 is 10.1 Å². The minimum absolute atomic E-state index is 0.0772. The number of aromatic nitrogens is 2. The number of carbonyl (C=O) groups is 1. The highest BCUT2D eigenvalue weighted by atomic mass is 16.5. The average Bonchev–Trinajstić information content (AvgIpc) is 3.25. The van der Waals surface area contributed by atoms with Crippen molar-refractivity contribution in [2.45, 2.75) is 12.8 Å². The Hall–Kier alpha value is -3.67. The molecule has 29 heavy (non-hydrogen) atoms. The molecule has 0 bridgehead atoms. The third kappa shape index (κ3) is 4.99. The van der Waals surface area contributed by atoms with Crippen molar-refractivity contribution in [3.8, 4) is 17.1 Å². The molecule has 0 radical (unpaired) electrons. The van der Waals surface area contributed by atoms with Gasteiger partial charge in [-0.25, -0.2) is 0 Å². The van der Waals surface area contributed by atoms with Gasteiger partial charge < -0.3 is 14.6 Å². The molecule has 0 aliphatic rings. The predicted molar refractivity (Wildman–Crippen MR) is 111 cm³/mol. The number of rotatable bonds is 8. The molecule has 0 fully saturated rings. The molecular weight excluding hydrogens is 366 g/mol. The van der Waals surface area contributed by atoms with Gasteiger partial charge in [-0.15, -0.1) is 0 Å². The van der Waals surface area contributed by atoms with Gasteiger partial charge in [-0.05, 0) is 22.9 Å². The van der Waals surface area contributed by atoms with Gasteiger partial charge in [-0.3, -0.25) is 4.79 Å². The summed E-state index contributed by atoms with van der Waals surface area (Å²) in [6, 6.07) is 23.7. The minimum atomic E-state index is -0.0772. The van der Waals surface area contributed by atoms with Crippen LogP contribution in [0.4, 0.5) is 0 Å². The van der Waals surface area contributed by atoms with E-state index in [-0.39, 0.29) is 12.3 Å². The lowest BCUT2D eigenvalue weighted by Crippen LogP contribution is -2.28. The zero-order valence-corrected chi connectivity index (χ0v) is 15.9. The molecule has 146 valence electrons. The highest BCUT2D eigenvalue weighted by Gasteiger charge is 2.10. The molecule has 3 aromatic carbocycles. The Labute approximate surface area is 168 Å². The van der Waals surface area contributed by atoms with E-state index in [4.69, 9.17) is 9.26 Å². The molecule has 1 N–H and O–H groups in total. The van der Waals surface area contributed by atoms with Crippen molar-refractivity contribution in [3.63, 3.8) is 0 Å². The van der Waals surface area contributed by atoms with Gasteiger partial charge in [0.15, 0.2) is 0 Å². The first-order chi connectivity index (χ1) is 14.3. The molecule has 0 aliphatic carbocycles. The fraction of sp³-hybridized carbons (Fsp3) is 0.174. The smallest absolute Gasteiger partial charge is 0.227 e. The zero-order valence-electron chi connectivity index (χ0n) is 15.9. The highest BCUT2D eigenvalue weighted by Crippen LogP contribution is 2.20. The summed E-state index contributed by atoms with van der Waals surface area (Å²) < 4.78 is 10.9. The maximum Gasteiger partial charge on any atom is 0.227 e. The number of amides is 1. The van der Waals surface area contributed by atoms with E-state index in [1.165, 1.54) is 5.39 Å². The first-order valence-electron chi connectivity index (χ1n) is 9.54. The second kappa shape index (κ2) is 9.01. The number of hydrogen-bond acceptors (Lipinski definition) is 5. The third-order valence-electron chi connectivity index (χ3n) is 4.48. The summed E-state index contributed by atoms with van der Waals surface area (Å²) >= 11 is 0. The lowest BCUT2D eigenvalue weighted by molar-refractivity contribution is -0.121. The molecule has 1 heterocycles. The summed E-state index contributed by atoms with van der Waals surface area (Å²) in [4.78, 5) is 16.4. The fourth-order valence-electron chi connectivity index (χ4n) is 2.99. The monoisotopic (exact) mass is 387 g/mol. The van der Waals surface area contributed by atoms with Crippen LogP contribution in [0, 0.1) is 0 Å². The molecule has 4 rings (SSSR count). The van der Waals surface area contributed by atoms with E-state index in [1.54, 1.807) is 0 Å². The second-order valence-corrected chi connectivity index (χ2v) is 6.59. The molecule has 0 atom stereocenters. The fourth-order valence-corrected chi connectivity index (χ4v) is 2.99. The van der Waals surface area contributed by atoms with Gasteiger partial charge in [0.05, 0.1) is 6.54 Å². The van der Waals surface area contributed by atoms with E-state index < -0.39 is 0 Å². The average molecular weight is 387 g/mol. The van der Waals surface area contributed by atoms with Crippen molar-refractivity contribution in [2.24, 2.45) is 0 Å². The van der Waals surface area contributed by atoms with Crippen LogP contribution in [-0.2, 0) is 11.2 Å². The van der Waals surface area contributed by atoms with Gasteiger partial charge in [0.25, 0.3) is 0 Å². The van der Waals surface area contributed by atoms with Crippen molar-refractivity contribution < 1.29 is 14.1 Å². The molecule has 6 nitrogen and oxygen atoms in total. The summed E-state index contributed by atoms with van der Waals surface area (Å²) in [5, 5.41) is 9.10. The SMILES string of the molecule is O=C(CCc1nc(-c2ccccc2)no1)NCCOc1ccc2ccccc2c1. The third-order valence-corrected chi connectivity index (χ3v) is 4.48. The number of nitrogens with one attached hydrogen (secondary N) is 1. The van der Waals surface area contributed by atoms with E-state index in [2.05, 4.69) is 21.5 Å². The maximum absolute atomic E-state index is 12.0. The first-order valence-corrected chi connectivity index (χ1v) is 9.54. The number of nitrogens with zero attached hydrogens (tertiary/aromatic N) is 2. The zero-order chi connectivity index (χ0) is 19.9. The summed E-state index contributed by atoms with van der Waals surface area (Å²) in [6.45, 7) is 0.841. The molecule has 1 amide bonds. The second-order valence-electron chi connectivity index (χ2n) is 6.59. The van der Waals surface area contributed by atoms with Crippen molar-refractivity contribution in [1.82, 2.24) is 15.5 Å². The van der Waals surface area contributed by atoms with E-state index in [0.29, 0.717) is 31.3 Å². The quantitative estimate of drug-likeness (QED) is 0.462. The number of fused-ring (bicyclic) bond motifs is 1. The molecule has 0 spiro atoms. The van der Waals surface area contributed by atoms with Crippen LogP contribution in [-0.4, -0.2) is 29.2 Å². The Kier molecular flexibility index (Phi) is 5.81. The van der Waals surface area contributed by atoms with Gasteiger partial charge in [0.1, 0.15) is 12.4 Å². The Bertz CT molecular complexity index is 1090. The Morgan fingerprint density at radius 3 is 2.62 bits per heavy atom. The summed E-state index contributed by atoms with van der Waals surface area (Å²) in [6.07, 6.45) is 0.684. The molecule has 1 aromatic heterocycles. The van der Waals surface area contributed by atoms with Crippen LogP contribution in [0.1, 0.15) is 12.3 Å². The Morgan fingerprint density at radius 2 is 1.76 bits per heavy atom. The largest absolute Gasteiger partial charge is 0.492 e. The number of benzene rings is 3. The molecular formula is C23H21N3O3. The van der Waals surface area contributed by atoms with Gasteiger partial charge in [0.2, 0.25) is 17.6 Å². The lowest BCUT2D eigenvalue weighted by Gasteiger charge is -2.08. The Balaban J connectivity index is 1.19. The van der Waals surface area contributed by atoms with Gasteiger partial charge in [-0.1, -0.05) is 65.8 Å². The lowest BCUT2D eigenvalue weighted by atomic mass is 10.1. The normalized spacial score (nSPS) is 10.8. The standard InChI is InChI=1S/C23H21N3O3/c27-21(12-13-22-25-23(26-29-22)18-7-2-1-3-8-18)24-14-15-28-20-11-10-17-6-4-5-9-19(17)16-20/h1-11,16H,12-15H2,(H,24,27). The van der Waals surface area contributed by atoms with E-state index in [9.17, 15) is 4.79 Å². The maximum atomic E-state index is 12.0. The van der Waals surface area contributed by atoms with Gasteiger partial charge in [0, 0.05) is 18.4 Å². The molecule has 0 saturated carbocycles. The highest BCUT2D eigenvalue weighted by molar-refractivity contribution is 5.83. The predicted octanol–water partition coefficient (Wildman–Crippen LogP) is 4.02. The van der Waals surface area contributed by atoms with Crippen LogP contribution in [0.2, 0.25) is 0 Å². The van der Waals surface area contributed by atoms with Gasteiger partial charge >= 0.3 is 0 Å². The molecule has 0 unspecified atom stereocenters. The summed E-state index contributed by atoms with van der Waals surface area (Å²) in [7, 11) is 0. The van der Waals surface area contributed by atoms with E-state index in [0.717, 1.165) is 16.7 Å². The molecule has 4 aromatic rings. The van der Waals surface area contributed by atoms with Crippen molar-refractivity contribution in [1.29, 1.82) is 0 Å². The Morgan fingerprint density at radius 1 is 0.966 bits per heavy atom. The number of ether oxygens (including phenoxy) is 1. The topological polar surface area (TPSA) is 77.2 Å². The van der Waals surface area contributed by atoms with Crippen LogP contribution in [0.25, 0.3) is 22.2 Å². The van der Waals surface area contributed by atoms with Crippen LogP contribution >= 0.6 is 0 Å². The van der Waals surface area contributed by atoms with Crippen molar-refractivity contribution in [3.05, 3.63) is 78.7 Å². The first kappa shape index (κ1) is 18.7. The number of aryl methyl sites for hydroxylation is 1. The molecule has 0 saturated heterocycles. The summed E-state index contributed by atoms with van der Waals surface area (Å²) in [5.41, 5.74) is 0.887.